The van der Waals surface area contributed by atoms with Crippen LogP contribution in [0.25, 0.3) is 0 Å². The number of hydrogen-bond acceptors (Lipinski definition) is 3. The van der Waals surface area contributed by atoms with E-state index in [2.05, 4.69) is 17.4 Å². The second-order valence-corrected chi connectivity index (χ2v) is 4.85. The van der Waals surface area contributed by atoms with Crippen molar-refractivity contribution in [2.45, 2.75) is 17.9 Å². The van der Waals surface area contributed by atoms with Crippen molar-refractivity contribution in [3.8, 4) is 0 Å². The quantitative estimate of drug-likeness (QED) is 0.787. The van der Waals surface area contributed by atoms with Gasteiger partial charge in [-0.15, -0.1) is 11.8 Å². The van der Waals surface area contributed by atoms with E-state index in [9.17, 15) is 4.79 Å². The monoisotopic (exact) mass is 238 g/mol. The van der Waals surface area contributed by atoms with E-state index in [0.717, 1.165) is 5.75 Å². The number of hydrogen-bond donors (Lipinski definition) is 2. The molecular weight excluding hydrogens is 220 g/mol. The third kappa shape index (κ3) is 4.68. The molecule has 1 aromatic rings. The highest BCUT2D eigenvalue weighted by atomic mass is 32.2. The topological polar surface area (TPSA) is 55.1 Å². The molecule has 0 aliphatic carbocycles. The SMILES string of the molecule is CC(SCc1ccccc1)C(=O)NCCN. The van der Waals surface area contributed by atoms with Gasteiger partial charge in [0.25, 0.3) is 0 Å². The van der Waals surface area contributed by atoms with E-state index < -0.39 is 0 Å². The number of rotatable bonds is 6. The number of benzene rings is 1. The molecule has 16 heavy (non-hydrogen) atoms. The van der Waals surface area contributed by atoms with Gasteiger partial charge in [0.05, 0.1) is 5.25 Å². The Labute approximate surface area is 101 Å². The van der Waals surface area contributed by atoms with E-state index in [1.807, 2.05) is 25.1 Å². The molecule has 1 amide bonds. The fraction of sp³-hybridized carbons (Fsp3) is 0.417. The van der Waals surface area contributed by atoms with E-state index in [4.69, 9.17) is 5.73 Å². The molecule has 1 aromatic carbocycles. The van der Waals surface area contributed by atoms with Crippen LogP contribution >= 0.6 is 11.8 Å². The summed E-state index contributed by atoms with van der Waals surface area (Å²) in [5.41, 5.74) is 6.56. The Hall–Kier alpha value is -1.00. The third-order valence-corrected chi connectivity index (χ3v) is 3.37. The Bertz CT molecular complexity index is 316. The van der Waals surface area contributed by atoms with Gasteiger partial charge in [0.2, 0.25) is 5.91 Å². The van der Waals surface area contributed by atoms with Crippen molar-refractivity contribution >= 4 is 17.7 Å². The van der Waals surface area contributed by atoms with Gasteiger partial charge in [-0.3, -0.25) is 4.79 Å². The van der Waals surface area contributed by atoms with Crippen molar-refractivity contribution in [2.24, 2.45) is 5.73 Å². The van der Waals surface area contributed by atoms with E-state index >= 15 is 0 Å². The van der Waals surface area contributed by atoms with Gasteiger partial charge in [0, 0.05) is 18.8 Å². The minimum Gasteiger partial charge on any atom is -0.354 e. The number of carbonyl (C=O) groups excluding carboxylic acids is 1. The van der Waals surface area contributed by atoms with Crippen molar-refractivity contribution in [1.82, 2.24) is 5.32 Å². The lowest BCUT2D eigenvalue weighted by Crippen LogP contribution is -2.34. The molecule has 1 rings (SSSR count). The van der Waals surface area contributed by atoms with E-state index in [-0.39, 0.29) is 11.2 Å². The van der Waals surface area contributed by atoms with Gasteiger partial charge in [-0.25, -0.2) is 0 Å². The molecule has 0 heterocycles. The van der Waals surface area contributed by atoms with Gasteiger partial charge >= 0.3 is 0 Å². The maximum absolute atomic E-state index is 11.5. The first-order valence-electron chi connectivity index (χ1n) is 5.37. The number of amides is 1. The van der Waals surface area contributed by atoms with Crippen LogP contribution in [0.4, 0.5) is 0 Å². The molecule has 0 spiro atoms. The Morgan fingerprint density at radius 1 is 1.44 bits per heavy atom. The van der Waals surface area contributed by atoms with Crippen LogP contribution in [0.3, 0.4) is 0 Å². The zero-order valence-corrected chi connectivity index (χ0v) is 10.3. The molecule has 3 nitrogen and oxygen atoms in total. The van der Waals surface area contributed by atoms with E-state index in [0.29, 0.717) is 13.1 Å². The highest BCUT2D eigenvalue weighted by Gasteiger charge is 2.11. The van der Waals surface area contributed by atoms with Crippen molar-refractivity contribution in [1.29, 1.82) is 0 Å². The van der Waals surface area contributed by atoms with Crippen LogP contribution in [0.15, 0.2) is 30.3 Å². The molecule has 0 bridgehead atoms. The highest BCUT2D eigenvalue weighted by Crippen LogP contribution is 2.17. The van der Waals surface area contributed by atoms with Crippen LogP contribution < -0.4 is 11.1 Å². The molecule has 0 aliphatic rings. The Balaban J connectivity index is 2.29. The lowest BCUT2D eigenvalue weighted by atomic mass is 10.2. The maximum atomic E-state index is 11.5. The first kappa shape index (κ1) is 13.1. The summed E-state index contributed by atoms with van der Waals surface area (Å²) in [6, 6.07) is 10.1. The first-order chi connectivity index (χ1) is 7.74. The minimum absolute atomic E-state index is 0.0354. The summed E-state index contributed by atoms with van der Waals surface area (Å²) in [5.74, 6) is 0.921. The third-order valence-electron chi connectivity index (χ3n) is 2.16. The Morgan fingerprint density at radius 2 is 2.12 bits per heavy atom. The summed E-state index contributed by atoms with van der Waals surface area (Å²) in [6.07, 6.45) is 0. The molecule has 3 N–H and O–H groups in total. The minimum atomic E-state index is -0.0354. The molecule has 88 valence electrons. The summed E-state index contributed by atoms with van der Waals surface area (Å²) < 4.78 is 0. The van der Waals surface area contributed by atoms with Gasteiger partial charge < -0.3 is 11.1 Å². The maximum Gasteiger partial charge on any atom is 0.232 e. The summed E-state index contributed by atoms with van der Waals surface area (Å²) in [5, 5.41) is 2.75. The summed E-state index contributed by atoms with van der Waals surface area (Å²) in [6.45, 7) is 2.95. The van der Waals surface area contributed by atoms with Gasteiger partial charge in [-0.05, 0) is 12.5 Å². The van der Waals surface area contributed by atoms with Crippen molar-refractivity contribution in [3.63, 3.8) is 0 Å². The first-order valence-corrected chi connectivity index (χ1v) is 6.42. The molecule has 0 aliphatic heterocycles. The van der Waals surface area contributed by atoms with Crippen LogP contribution in [0.2, 0.25) is 0 Å². The average molecular weight is 238 g/mol. The second kappa shape index (κ2) is 7.30. The zero-order valence-electron chi connectivity index (χ0n) is 9.48. The van der Waals surface area contributed by atoms with Crippen LogP contribution in [-0.2, 0) is 10.5 Å². The average Bonchev–Trinajstić information content (AvgIpc) is 2.34. The molecule has 0 saturated carbocycles. The Morgan fingerprint density at radius 3 is 2.75 bits per heavy atom. The van der Waals surface area contributed by atoms with Crippen LogP contribution in [0.1, 0.15) is 12.5 Å². The fourth-order valence-electron chi connectivity index (χ4n) is 1.21. The number of nitrogens with one attached hydrogen (secondary N) is 1. The lowest BCUT2D eigenvalue weighted by molar-refractivity contribution is -0.120. The molecule has 0 aromatic heterocycles. The molecule has 1 atom stereocenters. The van der Waals surface area contributed by atoms with Gasteiger partial charge in [-0.1, -0.05) is 30.3 Å². The van der Waals surface area contributed by atoms with Crippen LogP contribution in [0, 0.1) is 0 Å². The molecular formula is C12H18N2OS. The highest BCUT2D eigenvalue weighted by molar-refractivity contribution is 7.99. The van der Waals surface area contributed by atoms with Crippen molar-refractivity contribution in [2.75, 3.05) is 13.1 Å². The normalized spacial score (nSPS) is 12.1. The largest absolute Gasteiger partial charge is 0.354 e. The van der Waals surface area contributed by atoms with Gasteiger partial charge in [0.15, 0.2) is 0 Å². The summed E-state index contributed by atoms with van der Waals surface area (Å²) >= 11 is 1.64. The van der Waals surface area contributed by atoms with E-state index in [1.165, 1.54) is 5.56 Å². The smallest absolute Gasteiger partial charge is 0.232 e. The molecule has 0 radical (unpaired) electrons. The number of nitrogens with two attached hydrogens (primary N) is 1. The van der Waals surface area contributed by atoms with E-state index in [1.54, 1.807) is 11.8 Å². The lowest BCUT2D eigenvalue weighted by Gasteiger charge is -2.11. The van der Waals surface area contributed by atoms with Crippen molar-refractivity contribution < 1.29 is 4.79 Å². The standard InChI is InChI=1S/C12H18N2OS/c1-10(12(15)14-8-7-13)16-9-11-5-3-2-4-6-11/h2-6,10H,7-9,13H2,1H3,(H,14,15). The van der Waals surface area contributed by atoms with Crippen LogP contribution in [0.5, 0.6) is 0 Å². The summed E-state index contributed by atoms with van der Waals surface area (Å²) in [7, 11) is 0. The number of thioether (sulfide) groups is 1. The molecule has 4 heteroatoms. The Kier molecular flexibility index (Phi) is 5.96. The zero-order chi connectivity index (χ0) is 11.8. The van der Waals surface area contributed by atoms with Gasteiger partial charge in [0.1, 0.15) is 0 Å². The molecule has 0 fully saturated rings. The predicted molar refractivity (Wildman–Crippen MR) is 69.3 cm³/mol. The number of carbonyl (C=O) groups is 1. The predicted octanol–water partition coefficient (Wildman–Crippen LogP) is 1.38. The molecule has 1 unspecified atom stereocenters. The molecule has 0 saturated heterocycles. The van der Waals surface area contributed by atoms with Crippen LogP contribution in [-0.4, -0.2) is 24.2 Å². The van der Waals surface area contributed by atoms with Crippen molar-refractivity contribution in [3.05, 3.63) is 35.9 Å². The van der Waals surface area contributed by atoms with Gasteiger partial charge in [-0.2, -0.15) is 0 Å². The summed E-state index contributed by atoms with van der Waals surface area (Å²) in [4.78, 5) is 11.5. The second-order valence-electron chi connectivity index (χ2n) is 3.52. The fourth-order valence-corrected chi connectivity index (χ4v) is 2.08.